The molecule has 0 amide bonds. The molecule has 0 aliphatic carbocycles. The molecular weight excluding hydrogens is 212 g/mol. The number of rotatable bonds is 1. The Morgan fingerprint density at radius 2 is 1.82 bits per heavy atom. The summed E-state index contributed by atoms with van der Waals surface area (Å²) < 4.78 is 2.20. The maximum atomic E-state index is 4.58. The van der Waals surface area contributed by atoms with E-state index in [9.17, 15) is 0 Å². The molecule has 0 atom stereocenters. The highest BCUT2D eigenvalue weighted by atomic mass is 15.6. The van der Waals surface area contributed by atoms with Gasteiger partial charge in [-0.25, -0.2) is 14.6 Å². The van der Waals surface area contributed by atoms with Crippen LogP contribution >= 0.6 is 0 Å². The van der Waals surface area contributed by atoms with Crippen LogP contribution in [0.25, 0.3) is 11.0 Å². The molecule has 90 valence electrons. The molecule has 1 saturated heterocycles. The summed E-state index contributed by atoms with van der Waals surface area (Å²) in [6, 6.07) is 2.12. The van der Waals surface area contributed by atoms with E-state index < -0.39 is 0 Å². The van der Waals surface area contributed by atoms with Crippen LogP contribution in [0.15, 0.2) is 12.3 Å². The zero-order chi connectivity index (χ0) is 11.8. The summed E-state index contributed by atoms with van der Waals surface area (Å²) in [5.41, 5.74) is 2.13. The molecule has 1 aliphatic rings. The lowest BCUT2D eigenvalue weighted by Crippen LogP contribution is -2.38. The van der Waals surface area contributed by atoms with Crippen molar-refractivity contribution in [2.24, 2.45) is 0 Å². The van der Waals surface area contributed by atoms with Crippen LogP contribution in [-0.2, 0) is 0 Å². The molecule has 1 fully saturated rings. The van der Waals surface area contributed by atoms with Gasteiger partial charge in [0.1, 0.15) is 5.82 Å². The number of nitrogens with zero attached hydrogens (tertiary/aromatic N) is 4. The van der Waals surface area contributed by atoms with Crippen LogP contribution in [0, 0.1) is 13.8 Å². The SMILES string of the molecule is Cc1nc(C)c2ccn(N3CCCCC3)c2n1. The van der Waals surface area contributed by atoms with Crippen molar-refractivity contribution in [3.05, 3.63) is 23.8 Å². The van der Waals surface area contributed by atoms with Gasteiger partial charge in [-0.2, -0.15) is 0 Å². The Morgan fingerprint density at radius 3 is 2.59 bits per heavy atom. The van der Waals surface area contributed by atoms with Gasteiger partial charge in [-0.3, -0.25) is 0 Å². The predicted octanol–water partition coefficient (Wildman–Crippen LogP) is 2.17. The van der Waals surface area contributed by atoms with Gasteiger partial charge in [0, 0.05) is 24.7 Å². The first-order valence-corrected chi connectivity index (χ1v) is 6.33. The van der Waals surface area contributed by atoms with Crippen molar-refractivity contribution in [3.8, 4) is 0 Å². The number of fused-ring (bicyclic) bond motifs is 1. The normalized spacial score (nSPS) is 16.7. The standard InChI is InChI=1S/C13H18N4/c1-10-12-6-9-17(13(12)15-11(2)14-10)16-7-4-3-5-8-16/h6,9H,3-5,7-8H2,1-2H3. The van der Waals surface area contributed by atoms with E-state index in [0.717, 1.165) is 30.3 Å². The molecule has 3 rings (SSSR count). The van der Waals surface area contributed by atoms with Gasteiger partial charge in [0.15, 0.2) is 5.65 Å². The summed E-state index contributed by atoms with van der Waals surface area (Å²) >= 11 is 0. The van der Waals surface area contributed by atoms with Crippen molar-refractivity contribution < 1.29 is 0 Å². The third-order valence-corrected chi connectivity index (χ3v) is 3.46. The fraction of sp³-hybridized carbons (Fsp3) is 0.538. The van der Waals surface area contributed by atoms with Gasteiger partial charge in [-0.15, -0.1) is 0 Å². The average molecular weight is 230 g/mol. The lowest BCUT2D eigenvalue weighted by atomic mass is 10.2. The lowest BCUT2D eigenvalue weighted by molar-refractivity contribution is 0.485. The molecule has 3 heterocycles. The number of aryl methyl sites for hydroxylation is 2. The smallest absolute Gasteiger partial charge is 0.162 e. The second-order valence-electron chi connectivity index (χ2n) is 4.77. The van der Waals surface area contributed by atoms with E-state index in [1.54, 1.807) is 0 Å². The first-order chi connectivity index (χ1) is 8.25. The van der Waals surface area contributed by atoms with Crippen molar-refractivity contribution in [2.45, 2.75) is 33.1 Å². The maximum absolute atomic E-state index is 4.58. The van der Waals surface area contributed by atoms with E-state index in [-0.39, 0.29) is 0 Å². The summed E-state index contributed by atoms with van der Waals surface area (Å²) in [6.07, 6.45) is 6.03. The van der Waals surface area contributed by atoms with Crippen LogP contribution in [-0.4, -0.2) is 27.7 Å². The third-order valence-electron chi connectivity index (χ3n) is 3.46. The summed E-state index contributed by atoms with van der Waals surface area (Å²) in [5, 5.41) is 3.55. The number of hydrogen-bond donors (Lipinski definition) is 0. The summed E-state index contributed by atoms with van der Waals surface area (Å²) in [4.78, 5) is 9.00. The fourth-order valence-electron chi connectivity index (χ4n) is 2.61. The molecule has 2 aromatic rings. The summed E-state index contributed by atoms with van der Waals surface area (Å²) in [6.45, 7) is 6.27. The van der Waals surface area contributed by atoms with Crippen molar-refractivity contribution in [3.63, 3.8) is 0 Å². The highest BCUT2D eigenvalue weighted by molar-refractivity contribution is 5.78. The Balaban J connectivity index is 2.10. The molecule has 0 saturated carbocycles. The quantitative estimate of drug-likeness (QED) is 0.753. The third kappa shape index (κ3) is 1.77. The van der Waals surface area contributed by atoms with Crippen LogP contribution in [0.3, 0.4) is 0 Å². The second-order valence-corrected chi connectivity index (χ2v) is 4.77. The zero-order valence-corrected chi connectivity index (χ0v) is 10.5. The predicted molar refractivity (Wildman–Crippen MR) is 68.8 cm³/mol. The highest BCUT2D eigenvalue weighted by Crippen LogP contribution is 2.19. The summed E-state index contributed by atoms with van der Waals surface area (Å²) in [7, 11) is 0. The van der Waals surface area contributed by atoms with E-state index in [2.05, 4.69) is 38.8 Å². The Bertz CT molecular complexity index is 538. The zero-order valence-electron chi connectivity index (χ0n) is 10.5. The molecule has 0 radical (unpaired) electrons. The molecule has 0 spiro atoms. The van der Waals surface area contributed by atoms with Crippen LogP contribution in [0.4, 0.5) is 0 Å². The van der Waals surface area contributed by atoms with Crippen LogP contribution in [0.2, 0.25) is 0 Å². The minimum atomic E-state index is 0.854. The van der Waals surface area contributed by atoms with Crippen molar-refractivity contribution in [1.29, 1.82) is 0 Å². The van der Waals surface area contributed by atoms with Crippen molar-refractivity contribution >= 4 is 11.0 Å². The molecule has 17 heavy (non-hydrogen) atoms. The van der Waals surface area contributed by atoms with E-state index in [4.69, 9.17) is 0 Å². The van der Waals surface area contributed by atoms with Crippen molar-refractivity contribution in [2.75, 3.05) is 18.1 Å². The largest absolute Gasteiger partial charge is 0.311 e. The molecule has 0 N–H and O–H groups in total. The molecule has 4 nitrogen and oxygen atoms in total. The molecular formula is C13H18N4. The van der Waals surface area contributed by atoms with Gasteiger partial charge in [0.25, 0.3) is 0 Å². The Morgan fingerprint density at radius 1 is 1.06 bits per heavy atom. The van der Waals surface area contributed by atoms with Crippen LogP contribution < -0.4 is 5.01 Å². The molecule has 4 heteroatoms. The molecule has 0 unspecified atom stereocenters. The molecule has 0 aromatic carbocycles. The van der Waals surface area contributed by atoms with Gasteiger partial charge in [0.2, 0.25) is 0 Å². The van der Waals surface area contributed by atoms with E-state index in [1.165, 1.54) is 24.6 Å². The molecule has 2 aromatic heterocycles. The fourth-order valence-corrected chi connectivity index (χ4v) is 2.61. The topological polar surface area (TPSA) is 34.0 Å². The summed E-state index contributed by atoms with van der Waals surface area (Å²) in [5.74, 6) is 0.854. The van der Waals surface area contributed by atoms with Crippen molar-refractivity contribution in [1.82, 2.24) is 14.6 Å². The van der Waals surface area contributed by atoms with Gasteiger partial charge >= 0.3 is 0 Å². The van der Waals surface area contributed by atoms with Gasteiger partial charge in [-0.05, 0) is 39.2 Å². The maximum Gasteiger partial charge on any atom is 0.162 e. The monoisotopic (exact) mass is 230 g/mol. The Hall–Kier alpha value is -1.58. The number of aromatic nitrogens is 3. The number of hydrogen-bond acceptors (Lipinski definition) is 3. The lowest BCUT2D eigenvalue weighted by Gasteiger charge is -2.30. The number of piperidine rings is 1. The highest BCUT2D eigenvalue weighted by Gasteiger charge is 2.14. The van der Waals surface area contributed by atoms with Crippen LogP contribution in [0.1, 0.15) is 30.8 Å². The van der Waals surface area contributed by atoms with Crippen LogP contribution in [0.5, 0.6) is 0 Å². The van der Waals surface area contributed by atoms with Gasteiger partial charge < -0.3 is 5.01 Å². The molecule has 1 aliphatic heterocycles. The van der Waals surface area contributed by atoms with E-state index in [1.807, 2.05) is 6.92 Å². The van der Waals surface area contributed by atoms with Gasteiger partial charge in [-0.1, -0.05) is 0 Å². The Kier molecular flexibility index (Phi) is 2.50. The first-order valence-electron chi connectivity index (χ1n) is 6.33. The molecule has 0 bridgehead atoms. The average Bonchev–Trinajstić information content (AvgIpc) is 2.74. The van der Waals surface area contributed by atoms with E-state index in [0.29, 0.717) is 0 Å². The minimum Gasteiger partial charge on any atom is -0.311 e. The minimum absolute atomic E-state index is 0.854. The Labute approximate surface area is 101 Å². The van der Waals surface area contributed by atoms with E-state index >= 15 is 0 Å². The van der Waals surface area contributed by atoms with Gasteiger partial charge in [0.05, 0.1) is 5.69 Å². The first kappa shape index (κ1) is 10.6. The second kappa shape index (κ2) is 4.02.